The van der Waals surface area contributed by atoms with Crippen LogP contribution in [0.25, 0.3) is 0 Å². The number of rotatable bonds is 5. The number of anilines is 1. The van der Waals surface area contributed by atoms with E-state index >= 15 is 0 Å². The Labute approximate surface area is 146 Å². The second-order valence-electron chi connectivity index (χ2n) is 5.00. The van der Waals surface area contributed by atoms with Crippen molar-refractivity contribution in [1.29, 1.82) is 0 Å². The summed E-state index contributed by atoms with van der Waals surface area (Å²) in [6, 6.07) is 6.55. The van der Waals surface area contributed by atoms with E-state index in [4.69, 9.17) is 16.3 Å². The maximum Gasteiger partial charge on any atom is 0.295 e. The third-order valence-corrected chi connectivity index (χ3v) is 3.69. The second-order valence-corrected chi connectivity index (χ2v) is 5.38. The summed E-state index contributed by atoms with van der Waals surface area (Å²) in [6.45, 7) is 1.83. The van der Waals surface area contributed by atoms with Crippen molar-refractivity contribution < 1.29 is 19.4 Å². The molecular weight excluding hydrogens is 354 g/mol. The van der Waals surface area contributed by atoms with Crippen LogP contribution in [0, 0.1) is 27.2 Å². The van der Waals surface area contributed by atoms with Gasteiger partial charge in [0, 0.05) is 6.07 Å². The molecule has 1 amide bonds. The van der Waals surface area contributed by atoms with Crippen molar-refractivity contribution >= 4 is 34.6 Å². The van der Waals surface area contributed by atoms with Gasteiger partial charge < -0.3 is 10.1 Å². The lowest BCUT2D eigenvalue weighted by molar-refractivity contribution is -0.394. The lowest BCUT2D eigenvalue weighted by Gasteiger charge is -2.11. The summed E-state index contributed by atoms with van der Waals surface area (Å²) in [5.41, 5.74) is -0.540. The number of carbonyl (C=O) groups is 1. The number of nitro groups is 2. The van der Waals surface area contributed by atoms with Crippen LogP contribution >= 0.6 is 11.6 Å². The normalized spacial score (nSPS) is 10.2. The highest BCUT2D eigenvalue weighted by atomic mass is 35.5. The fourth-order valence-electron chi connectivity index (χ4n) is 2.09. The van der Waals surface area contributed by atoms with Crippen LogP contribution in [0.4, 0.5) is 17.1 Å². The molecule has 1 N–H and O–H groups in total. The summed E-state index contributed by atoms with van der Waals surface area (Å²) in [6.07, 6.45) is 0. The largest absolute Gasteiger partial charge is 0.495 e. The Balaban J connectivity index is 2.49. The maximum atomic E-state index is 12.4. The third kappa shape index (κ3) is 3.83. The predicted molar refractivity (Wildman–Crippen MR) is 90.4 cm³/mol. The van der Waals surface area contributed by atoms with E-state index in [1.165, 1.54) is 7.11 Å². The molecule has 0 spiro atoms. The molecule has 0 aliphatic rings. The molecule has 0 bridgehead atoms. The number of hydrogen-bond acceptors (Lipinski definition) is 6. The van der Waals surface area contributed by atoms with Crippen LogP contribution < -0.4 is 10.1 Å². The topological polar surface area (TPSA) is 125 Å². The summed E-state index contributed by atoms with van der Waals surface area (Å²) in [4.78, 5) is 32.7. The quantitative estimate of drug-likeness (QED) is 0.635. The predicted octanol–water partition coefficient (Wildman–Crippen LogP) is 3.73. The van der Waals surface area contributed by atoms with Crippen LogP contribution in [-0.4, -0.2) is 22.9 Å². The number of nitrogens with one attached hydrogen (secondary N) is 1. The number of aryl methyl sites for hydroxylation is 1. The number of non-ortho nitro benzene ring substituents is 1. The lowest BCUT2D eigenvalue weighted by atomic mass is 10.1. The summed E-state index contributed by atoms with van der Waals surface area (Å²) in [7, 11) is 1.41. The lowest BCUT2D eigenvalue weighted by Crippen LogP contribution is -2.14. The Morgan fingerprint density at radius 2 is 1.84 bits per heavy atom. The number of methoxy groups -OCH3 is 1. The van der Waals surface area contributed by atoms with Gasteiger partial charge in [0.05, 0.1) is 34.3 Å². The Morgan fingerprint density at radius 3 is 2.40 bits per heavy atom. The average Bonchev–Trinajstić information content (AvgIpc) is 2.55. The van der Waals surface area contributed by atoms with Gasteiger partial charge in [-0.2, -0.15) is 0 Å². The molecule has 0 radical (unpaired) electrons. The zero-order valence-electron chi connectivity index (χ0n) is 13.1. The van der Waals surface area contributed by atoms with E-state index in [-0.39, 0.29) is 5.56 Å². The average molecular weight is 366 g/mol. The Hall–Kier alpha value is -3.20. The molecule has 0 aromatic heterocycles. The first-order chi connectivity index (χ1) is 11.7. The zero-order chi connectivity index (χ0) is 18.7. The van der Waals surface area contributed by atoms with Crippen LogP contribution in [0.1, 0.15) is 15.9 Å². The number of ether oxygens (including phenoxy) is 1. The fourth-order valence-corrected chi connectivity index (χ4v) is 2.35. The molecule has 10 heteroatoms. The molecule has 0 fully saturated rings. The molecular formula is C15H12ClN3O6. The van der Waals surface area contributed by atoms with Gasteiger partial charge in [0.1, 0.15) is 10.8 Å². The van der Waals surface area contributed by atoms with Crippen LogP contribution in [0.5, 0.6) is 5.75 Å². The summed E-state index contributed by atoms with van der Waals surface area (Å²) in [5.74, 6) is -0.469. The molecule has 2 aromatic rings. The van der Waals surface area contributed by atoms with E-state index in [0.29, 0.717) is 17.5 Å². The van der Waals surface area contributed by atoms with Gasteiger partial charge in [0.15, 0.2) is 0 Å². The molecule has 0 unspecified atom stereocenters. The van der Waals surface area contributed by atoms with E-state index in [2.05, 4.69) is 5.32 Å². The van der Waals surface area contributed by atoms with Crippen LogP contribution in [0.2, 0.25) is 5.02 Å². The number of nitro benzene ring substituents is 2. The molecule has 2 rings (SSSR count). The molecule has 0 aliphatic heterocycles. The van der Waals surface area contributed by atoms with Gasteiger partial charge in [0.25, 0.3) is 17.3 Å². The molecule has 0 atom stereocenters. The van der Waals surface area contributed by atoms with E-state index in [0.717, 1.165) is 11.6 Å². The number of hydrogen-bond donors (Lipinski definition) is 1. The van der Waals surface area contributed by atoms with E-state index < -0.39 is 32.2 Å². The molecule has 0 saturated carbocycles. The standard InChI is InChI=1S/C15H12ClN3O6/c1-8-3-4-11(13(5-8)25-2)17-15(20)10-6-9(18(21)22)7-12(14(10)16)19(23)24/h3-7H,1-2H3,(H,17,20). The van der Waals surface area contributed by atoms with Crippen molar-refractivity contribution in [3.63, 3.8) is 0 Å². The zero-order valence-corrected chi connectivity index (χ0v) is 13.9. The minimum atomic E-state index is -0.890. The third-order valence-electron chi connectivity index (χ3n) is 3.30. The molecule has 0 saturated heterocycles. The van der Waals surface area contributed by atoms with Gasteiger partial charge in [-0.15, -0.1) is 0 Å². The first-order valence-corrected chi connectivity index (χ1v) is 7.20. The van der Waals surface area contributed by atoms with Crippen molar-refractivity contribution in [3.8, 4) is 5.75 Å². The van der Waals surface area contributed by atoms with Crippen LogP contribution in [0.15, 0.2) is 30.3 Å². The van der Waals surface area contributed by atoms with Gasteiger partial charge >= 0.3 is 0 Å². The van der Waals surface area contributed by atoms with Gasteiger partial charge in [-0.05, 0) is 24.6 Å². The molecule has 25 heavy (non-hydrogen) atoms. The minimum absolute atomic E-state index is 0.295. The second kappa shape index (κ2) is 7.14. The van der Waals surface area contributed by atoms with Gasteiger partial charge in [-0.25, -0.2) is 0 Å². The Morgan fingerprint density at radius 1 is 1.16 bits per heavy atom. The van der Waals surface area contributed by atoms with Crippen molar-refractivity contribution in [1.82, 2.24) is 0 Å². The van der Waals surface area contributed by atoms with Gasteiger partial charge in [0.2, 0.25) is 0 Å². The first kappa shape index (κ1) is 18.1. The Bertz CT molecular complexity index is 884. The van der Waals surface area contributed by atoms with E-state index in [9.17, 15) is 25.0 Å². The number of halogens is 1. The van der Waals surface area contributed by atoms with Crippen molar-refractivity contribution in [2.45, 2.75) is 6.92 Å². The number of amides is 1. The van der Waals surface area contributed by atoms with E-state index in [1.54, 1.807) is 18.2 Å². The van der Waals surface area contributed by atoms with Gasteiger partial charge in [-0.3, -0.25) is 25.0 Å². The fraction of sp³-hybridized carbons (Fsp3) is 0.133. The summed E-state index contributed by atoms with van der Waals surface area (Å²) in [5, 5.41) is 24.0. The van der Waals surface area contributed by atoms with Crippen molar-refractivity contribution in [3.05, 3.63) is 66.7 Å². The molecule has 0 aliphatic carbocycles. The maximum absolute atomic E-state index is 12.4. The summed E-state index contributed by atoms with van der Waals surface area (Å²) >= 11 is 5.88. The molecule has 9 nitrogen and oxygen atoms in total. The number of carbonyl (C=O) groups excluding carboxylic acids is 1. The SMILES string of the molecule is COc1cc(C)ccc1NC(=O)c1cc([N+](=O)[O-])cc([N+](=O)[O-])c1Cl. The highest BCUT2D eigenvalue weighted by Crippen LogP contribution is 2.34. The van der Waals surface area contributed by atoms with Crippen LogP contribution in [-0.2, 0) is 0 Å². The Kier molecular flexibility index (Phi) is 5.18. The molecule has 0 heterocycles. The number of benzene rings is 2. The highest BCUT2D eigenvalue weighted by molar-refractivity contribution is 6.36. The monoisotopic (exact) mass is 365 g/mol. The van der Waals surface area contributed by atoms with Gasteiger partial charge in [-0.1, -0.05) is 17.7 Å². The van der Waals surface area contributed by atoms with Crippen molar-refractivity contribution in [2.24, 2.45) is 0 Å². The first-order valence-electron chi connectivity index (χ1n) is 6.83. The van der Waals surface area contributed by atoms with Crippen LogP contribution in [0.3, 0.4) is 0 Å². The highest BCUT2D eigenvalue weighted by Gasteiger charge is 2.26. The molecule has 2 aromatic carbocycles. The number of nitrogens with zero attached hydrogens (tertiary/aromatic N) is 2. The smallest absolute Gasteiger partial charge is 0.295 e. The van der Waals surface area contributed by atoms with E-state index in [1.807, 2.05) is 6.92 Å². The summed E-state index contributed by atoms with van der Waals surface area (Å²) < 4.78 is 5.15. The minimum Gasteiger partial charge on any atom is -0.495 e. The van der Waals surface area contributed by atoms with Crippen molar-refractivity contribution in [2.75, 3.05) is 12.4 Å². The molecule has 130 valence electrons.